The van der Waals surface area contributed by atoms with Gasteiger partial charge in [0.2, 0.25) is 15.9 Å². The molecule has 0 radical (unpaired) electrons. The number of nitrogens with one attached hydrogen (secondary N) is 1. The summed E-state index contributed by atoms with van der Waals surface area (Å²) in [5.41, 5.74) is 0.766. The summed E-state index contributed by atoms with van der Waals surface area (Å²) in [4.78, 5) is 15.2. The highest BCUT2D eigenvalue weighted by Gasteiger charge is 2.32. The van der Waals surface area contributed by atoms with Crippen molar-refractivity contribution < 1.29 is 13.2 Å². The minimum absolute atomic E-state index is 0.0744. The van der Waals surface area contributed by atoms with Gasteiger partial charge in [0.1, 0.15) is 0 Å². The van der Waals surface area contributed by atoms with Gasteiger partial charge < -0.3 is 5.32 Å². The summed E-state index contributed by atoms with van der Waals surface area (Å²) >= 11 is 7.46. The minimum atomic E-state index is -3.59. The van der Waals surface area contributed by atoms with Crippen LogP contribution in [0.25, 0.3) is 0 Å². The number of halogens is 1. The third-order valence-electron chi connectivity index (χ3n) is 5.39. The highest BCUT2D eigenvalue weighted by molar-refractivity contribution is 7.99. The van der Waals surface area contributed by atoms with Crippen molar-refractivity contribution >= 4 is 45.0 Å². The number of benzene rings is 3. The van der Waals surface area contributed by atoms with E-state index in [1.807, 2.05) is 54.6 Å². The van der Waals surface area contributed by atoms with Gasteiger partial charge in [-0.05, 0) is 61.4 Å². The molecule has 0 aromatic heterocycles. The Bertz CT molecular complexity index is 1180. The number of hydrogen-bond donors (Lipinski definition) is 1. The van der Waals surface area contributed by atoms with Crippen molar-refractivity contribution in [2.45, 2.75) is 27.5 Å². The lowest BCUT2D eigenvalue weighted by Crippen LogP contribution is -2.41. The second-order valence-corrected chi connectivity index (χ2v) is 11.0. The normalized spacial score (nSPS) is 15.4. The summed E-state index contributed by atoms with van der Waals surface area (Å²) in [6.07, 6.45) is 0.958. The summed E-state index contributed by atoms with van der Waals surface area (Å²) < 4.78 is 27.2. The zero-order valence-electron chi connectivity index (χ0n) is 17.3. The number of amides is 1. The number of anilines is 1. The van der Waals surface area contributed by atoms with Gasteiger partial charge in [0.25, 0.3) is 0 Å². The van der Waals surface area contributed by atoms with E-state index in [2.05, 4.69) is 5.32 Å². The highest BCUT2D eigenvalue weighted by Crippen LogP contribution is 2.34. The van der Waals surface area contributed by atoms with Crippen LogP contribution in [0.15, 0.2) is 93.5 Å². The van der Waals surface area contributed by atoms with Crippen LogP contribution in [0.5, 0.6) is 0 Å². The maximum Gasteiger partial charge on any atom is 0.243 e. The molecule has 5 nitrogen and oxygen atoms in total. The fourth-order valence-electron chi connectivity index (χ4n) is 3.62. The summed E-state index contributed by atoms with van der Waals surface area (Å²) in [5.74, 6) is -0.309. The number of carbonyl (C=O) groups excluding carboxylic acids is 1. The molecular weight excluding hydrogens is 464 g/mol. The number of rotatable bonds is 6. The molecule has 4 rings (SSSR count). The summed E-state index contributed by atoms with van der Waals surface area (Å²) in [5, 5.41) is 3.54. The summed E-state index contributed by atoms with van der Waals surface area (Å²) in [7, 11) is -3.59. The summed E-state index contributed by atoms with van der Waals surface area (Å²) in [6.45, 7) is 0.618. The zero-order valence-corrected chi connectivity index (χ0v) is 19.7. The maximum absolute atomic E-state index is 12.9. The van der Waals surface area contributed by atoms with Crippen LogP contribution >= 0.6 is 23.4 Å². The average Bonchev–Trinajstić information content (AvgIpc) is 2.81. The number of carbonyl (C=O) groups is 1. The second-order valence-electron chi connectivity index (χ2n) is 7.53. The Morgan fingerprint density at radius 3 is 2.22 bits per heavy atom. The number of piperidine rings is 1. The van der Waals surface area contributed by atoms with E-state index in [0.29, 0.717) is 31.0 Å². The standard InChI is InChI=1S/C24H23ClN2O3S2/c25-19-10-12-21(13-11-19)32(29,30)27-16-14-18(15-17-27)24(28)26-22-8-4-5-9-23(22)31-20-6-2-1-3-7-20/h1-13,18H,14-17H2,(H,26,28). The number of sulfonamides is 1. The Kier molecular flexibility index (Phi) is 7.20. The van der Waals surface area contributed by atoms with Crippen molar-refractivity contribution in [3.05, 3.63) is 83.9 Å². The molecule has 3 aromatic rings. The first-order chi connectivity index (χ1) is 15.4. The van der Waals surface area contributed by atoms with E-state index in [-0.39, 0.29) is 16.7 Å². The third-order valence-corrected chi connectivity index (χ3v) is 8.64. The quantitative estimate of drug-likeness (QED) is 0.497. The molecule has 0 aliphatic carbocycles. The fourth-order valence-corrected chi connectivity index (χ4v) is 6.14. The Balaban J connectivity index is 1.39. The molecule has 1 amide bonds. The molecule has 8 heteroatoms. The Morgan fingerprint density at radius 2 is 1.53 bits per heavy atom. The van der Waals surface area contributed by atoms with Crippen LogP contribution in [0.1, 0.15) is 12.8 Å². The van der Waals surface area contributed by atoms with E-state index in [1.54, 1.807) is 23.9 Å². The predicted molar refractivity (Wildman–Crippen MR) is 129 cm³/mol. The highest BCUT2D eigenvalue weighted by atomic mass is 35.5. The van der Waals surface area contributed by atoms with Crippen molar-refractivity contribution in [3.8, 4) is 0 Å². The lowest BCUT2D eigenvalue weighted by Gasteiger charge is -2.30. The fraction of sp³-hybridized carbons (Fsp3) is 0.208. The van der Waals surface area contributed by atoms with Crippen LogP contribution in [0.3, 0.4) is 0 Å². The molecule has 0 unspecified atom stereocenters. The number of hydrogen-bond acceptors (Lipinski definition) is 4. The molecule has 1 N–H and O–H groups in total. The van der Waals surface area contributed by atoms with Crippen LogP contribution in [0, 0.1) is 5.92 Å². The Hall–Kier alpha value is -2.32. The van der Waals surface area contributed by atoms with Gasteiger partial charge in [0.15, 0.2) is 0 Å². The van der Waals surface area contributed by atoms with E-state index >= 15 is 0 Å². The van der Waals surface area contributed by atoms with Gasteiger partial charge in [-0.2, -0.15) is 4.31 Å². The molecule has 1 aliphatic rings. The molecule has 0 atom stereocenters. The van der Waals surface area contributed by atoms with E-state index in [9.17, 15) is 13.2 Å². The second kappa shape index (κ2) is 10.1. The number of para-hydroxylation sites is 1. The predicted octanol–water partition coefficient (Wildman–Crippen LogP) is 5.53. The van der Waals surface area contributed by atoms with Crippen molar-refractivity contribution in [3.63, 3.8) is 0 Å². The monoisotopic (exact) mass is 486 g/mol. The average molecular weight is 487 g/mol. The van der Waals surface area contributed by atoms with E-state index in [4.69, 9.17) is 11.6 Å². The Labute approximate surface area is 197 Å². The van der Waals surface area contributed by atoms with Gasteiger partial charge in [-0.3, -0.25) is 4.79 Å². The summed E-state index contributed by atoms with van der Waals surface area (Å²) in [6, 6.07) is 23.9. The molecule has 166 valence electrons. The number of nitrogens with zero attached hydrogens (tertiary/aromatic N) is 1. The first kappa shape index (κ1) is 22.9. The van der Waals surface area contributed by atoms with E-state index < -0.39 is 10.0 Å². The van der Waals surface area contributed by atoms with Crippen molar-refractivity contribution in [2.24, 2.45) is 5.92 Å². The van der Waals surface area contributed by atoms with Gasteiger partial charge in [-0.15, -0.1) is 0 Å². The molecular formula is C24H23ClN2O3S2. The van der Waals surface area contributed by atoms with Gasteiger partial charge in [-0.25, -0.2) is 8.42 Å². The molecule has 32 heavy (non-hydrogen) atoms. The topological polar surface area (TPSA) is 66.5 Å². The molecule has 1 aliphatic heterocycles. The lowest BCUT2D eigenvalue weighted by molar-refractivity contribution is -0.120. The smallest absolute Gasteiger partial charge is 0.243 e. The van der Waals surface area contributed by atoms with Gasteiger partial charge in [0.05, 0.1) is 10.6 Å². The minimum Gasteiger partial charge on any atom is -0.325 e. The molecule has 3 aromatic carbocycles. The lowest BCUT2D eigenvalue weighted by atomic mass is 9.97. The van der Waals surface area contributed by atoms with Crippen LogP contribution in [-0.2, 0) is 14.8 Å². The molecule has 1 heterocycles. The van der Waals surface area contributed by atoms with Gasteiger partial charge >= 0.3 is 0 Å². The Morgan fingerprint density at radius 1 is 0.906 bits per heavy atom. The molecule has 1 saturated heterocycles. The van der Waals surface area contributed by atoms with Crippen molar-refractivity contribution in [1.29, 1.82) is 0 Å². The first-order valence-corrected chi connectivity index (χ1v) is 13.0. The van der Waals surface area contributed by atoms with Crippen LogP contribution in [0.4, 0.5) is 5.69 Å². The molecule has 0 saturated carbocycles. The van der Waals surface area contributed by atoms with Crippen LogP contribution < -0.4 is 5.32 Å². The first-order valence-electron chi connectivity index (χ1n) is 10.3. The largest absolute Gasteiger partial charge is 0.325 e. The van der Waals surface area contributed by atoms with E-state index in [0.717, 1.165) is 15.5 Å². The molecule has 1 fully saturated rings. The van der Waals surface area contributed by atoms with E-state index in [1.165, 1.54) is 16.4 Å². The molecule has 0 spiro atoms. The van der Waals surface area contributed by atoms with Crippen LogP contribution in [-0.4, -0.2) is 31.7 Å². The van der Waals surface area contributed by atoms with Gasteiger partial charge in [-0.1, -0.05) is 53.7 Å². The molecule has 0 bridgehead atoms. The third kappa shape index (κ3) is 5.35. The van der Waals surface area contributed by atoms with Gasteiger partial charge in [0, 0.05) is 33.8 Å². The SMILES string of the molecule is O=C(Nc1ccccc1Sc1ccccc1)C1CCN(S(=O)(=O)c2ccc(Cl)cc2)CC1. The van der Waals surface area contributed by atoms with Crippen molar-refractivity contribution in [2.75, 3.05) is 18.4 Å². The van der Waals surface area contributed by atoms with Crippen molar-refractivity contribution in [1.82, 2.24) is 4.31 Å². The zero-order chi connectivity index (χ0) is 22.6. The maximum atomic E-state index is 12.9. The van der Waals surface area contributed by atoms with Crippen LogP contribution in [0.2, 0.25) is 5.02 Å².